The quantitative estimate of drug-likeness (QED) is 0.676. The molecule has 0 aliphatic carbocycles. The standard InChI is InChI=1S/C16H22FNO3/c1-2-3-4-5-6-13(17)11-15(19)18-14-9-7-12(8-10-14)16(20)21/h7-10,13H,2-6,11H2,1H3,(H,18,19)(H,20,21). The molecule has 0 aliphatic heterocycles. The van der Waals surface area contributed by atoms with E-state index in [1.807, 2.05) is 0 Å². The van der Waals surface area contributed by atoms with Crippen molar-refractivity contribution in [3.05, 3.63) is 29.8 Å². The Balaban J connectivity index is 2.34. The molecule has 0 heterocycles. The van der Waals surface area contributed by atoms with E-state index < -0.39 is 12.1 Å². The fourth-order valence-corrected chi connectivity index (χ4v) is 2.00. The van der Waals surface area contributed by atoms with E-state index in [-0.39, 0.29) is 17.9 Å². The Morgan fingerprint density at radius 3 is 2.43 bits per heavy atom. The number of alkyl halides is 1. The Morgan fingerprint density at radius 2 is 1.86 bits per heavy atom. The second-order valence-electron chi connectivity index (χ2n) is 5.08. The van der Waals surface area contributed by atoms with Crippen LogP contribution in [0.25, 0.3) is 0 Å². The zero-order valence-corrected chi connectivity index (χ0v) is 12.3. The van der Waals surface area contributed by atoms with Crippen LogP contribution in [0.2, 0.25) is 0 Å². The molecule has 5 heteroatoms. The molecule has 1 amide bonds. The van der Waals surface area contributed by atoms with Gasteiger partial charge in [-0.15, -0.1) is 0 Å². The van der Waals surface area contributed by atoms with Gasteiger partial charge < -0.3 is 10.4 Å². The maximum atomic E-state index is 13.6. The van der Waals surface area contributed by atoms with Crippen LogP contribution in [-0.2, 0) is 4.79 Å². The van der Waals surface area contributed by atoms with E-state index in [0.29, 0.717) is 12.1 Å². The van der Waals surface area contributed by atoms with Crippen LogP contribution in [-0.4, -0.2) is 23.2 Å². The number of nitrogens with one attached hydrogen (secondary N) is 1. The summed E-state index contributed by atoms with van der Waals surface area (Å²) in [5.74, 6) is -1.41. The van der Waals surface area contributed by atoms with E-state index in [9.17, 15) is 14.0 Å². The third kappa shape index (κ3) is 6.88. The first-order valence-electron chi connectivity index (χ1n) is 7.30. The van der Waals surface area contributed by atoms with Crippen molar-refractivity contribution >= 4 is 17.6 Å². The van der Waals surface area contributed by atoms with Crippen LogP contribution in [0, 0.1) is 0 Å². The van der Waals surface area contributed by atoms with E-state index in [1.165, 1.54) is 24.3 Å². The van der Waals surface area contributed by atoms with Gasteiger partial charge in [0, 0.05) is 5.69 Å². The van der Waals surface area contributed by atoms with Crippen LogP contribution < -0.4 is 5.32 Å². The highest BCUT2D eigenvalue weighted by atomic mass is 19.1. The largest absolute Gasteiger partial charge is 0.478 e. The normalized spacial score (nSPS) is 11.9. The first-order valence-corrected chi connectivity index (χ1v) is 7.30. The fraction of sp³-hybridized carbons (Fsp3) is 0.500. The van der Waals surface area contributed by atoms with Gasteiger partial charge in [-0.3, -0.25) is 4.79 Å². The third-order valence-electron chi connectivity index (χ3n) is 3.19. The monoisotopic (exact) mass is 295 g/mol. The van der Waals surface area contributed by atoms with Gasteiger partial charge in [0.1, 0.15) is 6.17 Å². The molecule has 0 aliphatic rings. The van der Waals surface area contributed by atoms with Crippen LogP contribution in [0.15, 0.2) is 24.3 Å². The average molecular weight is 295 g/mol. The minimum absolute atomic E-state index is 0.146. The number of benzene rings is 1. The molecule has 1 aromatic carbocycles. The highest BCUT2D eigenvalue weighted by Crippen LogP contribution is 2.14. The Kier molecular flexibility index (Phi) is 7.43. The first kappa shape index (κ1) is 17.1. The van der Waals surface area contributed by atoms with Crippen molar-refractivity contribution in [1.29, 1.82) is 0 Å². The molecule has 0 saturated heterocycles. The summed E-state index contributed by atoms with van der Waals surface area (Å²) < 4.78 is 13.6. The van der Waals surface area contributed by atoms with Crippen molar-refractivity contribution in [2.45, 2.75) is 51.6 Å². The van der Waals surface area contributed by atoms with E-state index >= 15 is 0 Å². The number of halogens is 1. The molecule has 1 atom stereocenters. The van der Waals surface area contributed by atoms with Gasteiger partial charge in [-0.05, 0) is 30.7 Å². The SMILES string of the molecule is CCCCCCC(F)CC(=O)Nc1ccc(C(=O)O)cc1. The number of rotatable bonds is 9. The summed E-state index contributed by atoms with van der Waals surface area (Å²) in [4.78, 5) is 22.4. The van der Waals surface area contributed by atoms with Gasteiger partial charge >= 0.3 is 5.97 Å². The van der Waals surface area contributed by atoms with Gasteiger partial charge in [0.05, 0.1) is 12.0 Å². The van der Waals surface area contributed by atoms with E-state index in [2.05, 4.69) is 12.2 Å². The summed E-state index contributed by atoms with van der Waals surface area (Å²) in [6.07, 6.45) is 3.11. The topological polar surface area (TPSA) is 66.4 Å². The number of anilines is 1. The Hall–Kier alpha value is -1.91. The van der Waals surface area contributed by atoms with E-state index in [1.54, 1.807) is 0 Å². The Bertz CT molecular complexity index is 459. The predicted molar refractivity (Wildman–Crippen MR) is 80.3 cm³/mol. The number of carbonyl (C=O) groups excluding carboxylic acids is 1. The molecule has 4 nitrogen and oxygen atoms in total. The van der Waals surface area contributed by atoms with Crippen molar-refractivity contribution in [1.82, 2.24) is 0 Å². The molecule has 21 heavy (non-hydrogen) atoms. The fourth-order valence-electron chi connectivity index (χ4n) is 2.00. The molecule has 0 fully saturated rings. The molecule has 0 spiro atoms. The van der Waals surface area contributed by atoms with Crippen LogP contribution in [0.1, 0.15) is 55.8 Å². The summed E-state index contributed by atoms with van der Waals surface area (Å²) in [6, 6.07) is 5.79. The second kappa shape index (κ2) is 9.10. The zero-order chi connectivity index (χ0) is 15.7. The van der Waals surface area contributed by atoms with Crippen LogP contribution in [0.4, 0.5) is 10.1 Å². The number of aromatic carboxylic acids is 1. The molecule has 0 saturated carbocycles. The number of amides is 1. The smallest absolute Gasteiger partial charge is 0.335 e. The summed E-state index contributed by atoms with van der Waals surface area (Å²) >= 11 is 0. The van der Waals surface area contributed by atoms with Gasteiger partial charge in [-0.25, -0.2) is 9.18 Å². The van der Waals surface area contributed by atoms with Gasteiger partial charge in [0.2, 0.25) is 5.91 Å². The van der Waals surface area contributed by atoms with Gasteiger partial charge in [-0.1, -0.05) is 32.6 Å². The lowest BCUT2D eigenvalue weighted by atomic mass is 10.1. The van der Waals surface area contributed by atoms with Gasteiger partial charge in [-0.2, -0.15) is 0 Å². The van der Waals surface area contributed by atoms with Crippen LogP contribution >= 0.6 is 0 Å². The second-order valence-corrected chi connectivity index (χ2v) is 5.08. The maximum absolute atomic E-state index is 13.6. The number of carbonyl (C=O) groups is 2. The molecule has 116 valence electrons. The van der Waals surface area contributed by atoms with Crippen molar-refractivity contribution in [3.8, 4) is 0 Å². The van der Waals surface area contributed by atoms with Crippen LogP contribution in [0.5, 0.6) is 0 Å². The summed E-state index contributed by atoms with van der Waals surface area (Å²) in [5, 5.41) is 11.3. The number of hydrogen-bond acceptors (Lipinski definition) is 2. The minimum Gasteiger partial charge on any atom is -0.478 e. The number of carboxylic acids is 1. The number of carboxylic acid groups (broad SMARTS) is 1. The molecule has 0 aromatic heterocycles. The highest BCUT2D eigenvalue weighted by molar-refractivity contribution is 5.92. The number of unbranched alkanes of at least 4 members (excludes halogenated alkanes) is 3. The molecule has 2 N–H and O–H groups in total. The third-order valence-corrected chi connectivity index (χ3v) is 3.19. The van der Waals surface area contributed by atoms with Gasteiger partial charge in [0.15, 0.2) is 0 Å². The van der Waals surface area contributed by atoms with Crippen molar-refractivity contribution in [2.75, 3.05) is 5.32 Å². The van der Waals surface area contributed by atoms with E-state index in [4.69, 9.17) is 5.11 Å². The predicted octanol–water partition coefficient (Wildman–Crippen LogP) is 4.02. The Labute approximate surface area is 124 Å². The highest BCUT2D eigenvalue weighted by Gasteiger charge is 2.12. The van der Waals surface area contributed by atoms with E-state index in [0.717, 1.165) is 25.7 Å². The van der Waals surface area contributed by atoms with Gasteiger partial charge in [0.25, 0.3) is 0 Å². The van der Waals surface area contributed by atoms with Crippen molar-refractivity contribution < 1.29 is 19.1 Å². The molecule has 0 bridgehead atoms. The molecule has 0 radical (unpaired) electrons. The molecule has 1 unspecified atom stereocenters. The Morgan fingerprint density at radius 1 is 1.19 bits per heavy atom. The zero-order valence-electron chi connectivity index (χ0n) is 12.3. The lowest BCUT2D eigenvalue weighted by Crippen LogP contribution is -2.17. The average Bonchev–Trinajstić information content (AvgIpc) is 2.44. The summed E-state index contributed by atoms with van der Waals surface area (Å²) in [7, 11) is 0. The maximum Gasteiger partial charge on any atom is 0.335 e. The molecule has 1 aromatic rings. The lowest BCUT2D eigenvalue weighted by Gasteiger charge is -2.09. The first-order chi connectivity index (χ1) is 10.0. The molecule has 1 rings (SSSR count). The summed E-state index contributed by atoms with van der Waals surface area (Å²) in [5.41, 5.74) is 0.621. The number of hydrogen-bond donors (Lipinski definition) is 2. The minimum atomic E-state index is -1.12. The van der Waals surface area contributed by atoms with Crippen molar-refractivity contribution in [2.24, 2.45) is 0 Å². The van der Waals surface area contributed by atoms with Crippen molar-refractivity contribution in [3.63, 3.8) is 0 Å². The summed E-state index contributed by atoms with van der Waals surface area (Å²) in [6.45, 7) is 2.09. The van der Waals surface area contributed by atoms with Crippen LogP contribution in [0.3, 0.4) is 0 Å². The molecular formula is C16H22FNO3. The lowest BCUT2D eigenvalue weighted by molar-refractivity contribution is -0.117. The molecular weight excluding hydrogens is 273 g/mol.